The second-order valence-corrected chi connectivity index (χ2v) is 4.24. The van der Waals surface area contributed by atoms with E-state index in [0.717, 1.165) is 12.0 Å². The maximum atomic E-state index is 10.8. The van der Waals surface area contributed by atoms with Crippen LogP contribution in [0, 0.1) is 5.41 Å². The molecule has 0 aromatic heterocycles. The molecule has 12 heavy (non-hydrogen) atoms. The van der Waals surface area contributed by atoms with Gasteiger partial charge in [0.2, 0.25) is 0 Å². The minimum absolute atomic E-state index is 0.200. The first kappa shape index (κ1) is 11.2. The molecule has 0 aromatic carbocycles. The molecule has 0 spiro atoms. The number of hydrogen-bond donors (Lipinski definition) is 0. The molecule has 0 heterocycles. The third-order valence-electron chi connectivity index (χ3n) is 1.40. The van der Waals surface area contributed by atoms with Gasteiger partial charge in [0, 0.05) is 0 Å². The fourth-order valence-corrected chi connectivity index (χ4v) is 1.09. The van der Waals surface area contributed by atoms with Crippen molar-refractivity contribution in [1.29, 1.82) is 0 Å². The summed E-state index contributed by atoms with van der Waals surface area (Å²) in [6, 6.07) is 0. The number of ether oxygens (including phenoxy) is 1. The van der Waals surface area contributed by atoms with E-state index >= 15 is 0 Å². The summed E-state index contributed by atoms with van der Waals surface area (Å²) in [5, 5.41) is 0. The van der Waals surface area contributed by atoms with E-state index in [0.29, 0.717) is 6.42 Å². The van der Waals surface area contributed by atoms with Crippen LogP contribution in [0.4, 0.5) is 0 Å². The largest absolute Gasteiger partial charge is 0.469 e. The summed E-state index contributed by atoms with van der Waals surface area (Å²) >= 11 is 0. The Balaban J connectivity index is 3.83. The van der Waals surface area contributed by atoms with Crippen molar-refractivity contribution < 1.29 is 9.53 Å². The second-order valence-electron chi connectivity index (χ2n) is 4.24. The summed E-state index contributed by atoms with van der Waals surface area (Å²) in [6.07, 6.45) is 1.20. The van der Waals surface area contributed by atoms with Gasteiger partial charge in [-0.2, -0.15) is 0 Å². The molecule has 2 heteroatoms. The Bertz CT molecular complexity index is 175. The number of rotatable bonds is 3. The van der Waals surface area contributed by atoms with Crippen LogP contribution < -0.4 is 0 Å². The second kappa shape index (κ2) is 4.29. The monoisotopic (exact) mass is 170 g/mol. The van der Waals surface area contributed by atoms with E-state index in [1.165, 1.54) is 7.11 Å². The topological polar surface area (TPSA) is 26.3 Å². The summed E-state index contributed by atoms with van der Waals surface area (Å²) in [5.41, 5.74) is 1.14. The van der Waals surface area contributed by atoms with Crippen molar-refractivity contribution in [1.82, 2.24) is 0 Å². The number of carbonyl (C=O) groups is 1. The van der Waals surface area contributed by atoms with Crippen molar-refractivity contribution >= 4 is 5.97 Å². The highest BCUT2D eigenvalue weighted by atomic mass is 16.5. The molecule has 2 nitrogen and oxygen atoms in total. The molecule has 0 saturated carbocycles. The van der Waals surface area contributed by atoms with Crippen LogP contribution in [-0.2, 0) is 9.53 Å². The Morgan fingerprint density at radius 1 is 1.42 bits per heavy atom. The summed E-state index contributed by atoms with van der Waals surface area (Å²) in [6.45, 7) is 10.2. The van der Waals surface area contributed by atoms with Gasteiger partial charge in [0.05, 0.1) is 13.5 Å². The standard InChI is InChI=1S/C10H18O2/c1-8(6-9(11)12-5)7-10(2,3)4/h1,6-7H2,2-5H3. The van der Waals surface area contributed by atoms with Crippen molar-refractivity contribution in [2.24, 2.45) is 5.41 Å². The SMILES string of the molecule is C=C(CC(=O)OC)CC(C)(C)C. The molecule has 0 amide bonds. The Hall–Kier alpha value is -0.790. The molecular weight excluding hydrogens is 152 g/mol. The average Bonchev–Trinajstić information content (AvgIpc) is 1.82. The zero-order valence-electron chi connectivity index (χ0n) is 8.44. The average molecular weight is 170 g/mol. The van der Waals surface area contributed by atoms with Gasteiger partial charge in [-0.15, -0.1) is 0 Å². The summed E-state index contributed by atoms with van der Waals surface area (Å²) in [7, 11) is 1.40. The van der Waals surface area contributed by atoms with E-state index in [2.05, 4.69) is 32.1 Å². The predicted molar refractivity (Wildman–Crippen MR) is 49.8 cm³/mol. The first-order valence-electron chi connectivity index (χ1n) is 4.08. The van der Waals surface area contributed by atoms with Gasteiger partial charge in [0.15, 0.2) is 0 Å². The van der Waals surface area contributed by atoms with Crippen LogP contribution in [0.3, 0.4) is 0 Å². The molecule has 0 atom stereocenters. The number of hydrogen-bond acceptors (Lipinski definition) is 2. The Kier molecular flexibility index (Phi) is 4.01. The van der Waals surface area contributed by atoms with Crippen molar-refractivity contribution in [3.8, 4) is 0 Å². The van der Waals surface area contributed by atoms with E-state index in [1.54, 1.807) is 0 Å². The van der Waals surface area contributed by atoms with Crippen LogP contribution in [0.2, 0.25) is 0 Å². The van der Waals surface area contributed by atoms with Crippen molar-refractivity contribution in [3.05, 3.63) is 12.2 Å². The van der Waals surface area contributed by atoms with Gasteiger partial charge in [0.25, 0.3) is 0 Å². The van der Waals surface area contributed by atoms with Crippen LogP contribution in [0.25, 0.3) is 0 Å². The molecule has 0 fully saturated rings. The first-order valence-corrected chi connectivity index (χ1v) is 4.08. The molecule has 0 N–H and O–H groups in total. The highest BCUT2D eigenvalue weighted by Gasteiger charge is 2.13. The van der Waals surface area contributed by atoms with E-state index < -0.39 is 0 Å². The van der Waals surface area contributed by atoms with Crippen molar-refractivity contribution in [2.75, 3.05) is 7.11 Å². The van der Waals surface area contributed by atoms with Crippen molar-refractivity contribution in [3.63, 3.8) is 0 Å². The predicted octanol–water partition coefficient (Wildman–Crippen LogP) is 2.54. The summed E-state index contributed by atoms with van der Waals surface area (Å²) in [5.74, 6) is -0.204. The van der Waals surface area contributed by atoms with Crippen LogP contribution in [-0.4, -0.2) is 13.1 Å². The Labute approximate surface area is 74.6 Å². The van der Waals surface area contributed by atoms with Crippen LogP contribution in [0.1, 0.15) is 33.6 Å². The molecule has 0 aliphatic carbocycles. The lowest BCUT2D eigenvalue weighted by atomic mass is 9.87. The lowest BCUT2D eigenvalue weighted by Crippen LogP contribution is -2.09. The highest BCUT2D eigenvalue weighted by molar-refractivity contribution is 5.72. The number of esters is 1. The van der Waals surface area contributed by atoms with Gasteiger partial charge in [-0.3, -0.25) is 4.79 Å². The van der Waals surface area contributed by atoms with Crippen LogP contribution in [0.5, 0.6) is 0 Å². The van der Waals surface area contributed by atoms with E-state index in [9.17, 15) is 4.79 Å². The normalized spacial score (nSPS) is 11.0. The minimum atomic E-state index is -0.204. The zero-order valence-corrected chi connectivity index (χ0v) is 8.44. The molecule has 0 radical (unpaired) electrons. The van der Waals surface area contributed by atoms with Crippen molar-refractivity contribution in [2.45, 2.75) is 33.6 Å². The molecule has 0 aliphatic rings. The Morgan fingerprint density at radius 3 is 2.25 bits per heavy atom. The lowest BCUT2D eigenvalue weighted by Gasteiger charge is -2.18. The summed E-state index contributed by atoms with van der Waals surface area (Å²) < 4.78 is 4.54. The van der Waals surface area contributed by atoms with E-state index in [-0.39, 0.29) is 11.4 Å². The van der Waals surface area contributed by atoms with Gasteiger partial charge in [-0.05, 0) is 11.8 Å². The minimum Gasteiger partial charge on any atom is -0.469 e. The van der Waals surface area contributed by atoms with E-state index in [1.807, 2.05) is 0 Å². The molecular formula is C10H18O2. The third kappa shape index (κ3) is 5.96. The van der Waals surface area contributed by atoms with Gasteiger partial charge in [-0.25, -0.2) is 0 Å². The third-order valence-corrected chi connectivity index (χ3v) is 1.40. The lowest BCUT2D eigenvalue weighted by molar-refractivity contribution is -0.139. The highest BCUT2D eigenvalue weighted by Crippen LogP contribution is 2.24. The maximum Gasteiger partial charge on any atom is 0.309 e. The Morgan fingerprint density at radius 2 is 1.92 bits per heavy atom. The smallest absolute Gasteiger partial charge is 0.309 e. The van der Waals surface area contributed by atoms with Crippen LogP contribution in [0.15, 0.2) is 12.2 Å². The first-order chi connectivity index (χ1) is 5.35. The molecule has 0 aromatic rings. The molecule has 0 unspecified atom stereocenters. The van der Waals surface area contributed by atoms with Gasteiger partial charge in [0.1, 0.15) is 0 Å². The van der Waals surface area contributed by atoms with Gasteiger partial charge in [-0.1, -0.05) is 32.9 Å². The molecule has 0 aliphatic heterocycles. The number of carbonyl (C=O) groups excluding carboxylic acids is 1. The fraction of sp³-hybridized carbons (Fsp3) is 0.700. The molecule has 0 rings (SSSR count). The molecule has 70 valence electrons. The molecule has 0 saturated heterocycles. The number of methoxy groups -OCH3 is 1. The van der Waals surface area contributed by atoms with Gasteiger partial charge < -0.3 is 4.74 Å². The summed E-state index contributed by atoms with van der Waals surface area (Å²) in [4.78, 5) is 10.8. The van der Waals surface area contributed by atoms with E-state index in [4.69, 9.17) is 0 Å². The van der Waals surface area contributed by atoms with Crippen LogP contribution >= 0.6 is 0 Å². The maximum absolute atomic E-state index is 10.8. The quantitative estimate of drug-likeness (QED) is 0.480. The van der Waals surface area contributed by atoms with Gasteiger partial charge >= 0.3 is 5.97 Å². The zero-order chi connectivity index (χ0) is 9.78. The molecule has 0 bridgehead atoms. The fourth-order valence-electron chi connectivity index (χ4n) is 1.09.